The Bertz CT molecular complexity index is 532. The van der Waals surface area contributed by atoms with Crippen LogP contribution in [0.2, 0.25) is 8.87 Å². The molecule has 2 aliphatic heterocycles. The Morgan fingerprint density at radius 1 is 0.889 bits per heavy atom. The molecule has 2 N–H and O–H groups in total. The van der Waals surface area contributed by atoms with Gasteiger partial charge in [0.15, 0.2) is 0 Å². The molecule has 0 unspecified atom stereocenters. The molecule has 0 radical (unpaired) electrons. The molecule has 152 valence electrons. The first kappa shape index (κ1) is 22.0. The van der Waals surface area contributed by atoms with Crippen molar-refractivity contribution in [1.29, 1.82) is 0 Å². The Balaban J connectivity index is 2.13. The third kappa shape index (κ3) is 6.36. The molecule has 0 spiro atoms. The molecule has 2 heterocycles. The number of hydrogen-bond acceptors (Lipinski definition) is 6. The van der Waals surface area contributed by atoms with Gasteiger partial charge in [-0.15, -0.1) is 0 Å². The zero-order valence-corrected chi connectivity index (χ0v) is 19.0. The molecule has 2 aliphatic rings. The van der Waals surface area contributed by atoms with Crippen molar-refractivity contribution in [2.75, 3.05) is 0 Å². The van der Waals surface area contributed by atoms with Gasteiger partial charge in [-0.25, -0.2) is 0 Å². The molecule has 0 aromatic rings. The van der Waals surface area contributed by atoms with Crippen LogP contribution in [0.5, 0.6) is 0 Å². The average molecular weight is 489 g/mol. The summed E-state index contributed by atoms with van der Waals surface area (Å²) in [5, 5.41) is 5.25. The molecule has 0 bridgehead atoms. The number of nitrogens with one attached hydrogen (secondary N) is 2. The Morgan fingerprint density at radius 3 is 1.59 bits per heavy atom. The Morgan fingerprint density at radius 2 is 1.30 bits per heavy atom. The second kappa shape index (κ2) is 10.3. The number of rotatable bonds is 10. The first-order chi connectivity index (χ1) is 12.9. The van der Waals surface area contributed by atoms with Crippen LogP contribution in [-0.4, -0.2) is 55.0 Å². The monoisotopic (exact) mass is 490 g/mol. The number of amides is 2. The third-order valence-electron chi connectivity index (χ3n) is 4.96. The van der Waals surface area contributed by atoms with Crippen LogP contribution in [0.1, 0.15) is 65.2 Å². The molecule has 27 heavy (non-hydrogen) atoms. The second-order valence-electron chi connectivity index (χ2n) is 7.28. The van der Waals surface area contributed by atoms with E-state index in [0.29, 0.717) is 34.6 Å². The summed E-state index contributed by atoms with van der Waals surface area (Å²) in [6.45, 7) is 4.07. The van der Waals surface area contributed by atoms with Crippen molar-refractivity contribution >= 4 is 43.0 Å². The molecule has 0 saturated carbocycles. The normalized spacial score (nSPS) is 22.3. The van der Waals surface area contributed by atoms with Crippen molar-refractivity contribution in [2.45, 2.75) is 86.2 Å². The van der Waals surface area contributed by atoms with Gasteiger partial charge in [-0.1, -0.05) is 0 Å². The van der Waals surface area contributed by atoms with Crippen molar-refractivity contribution in [3.63, 3.8) is 0 Å². The van der Waals surface area contributed by atoms with E-state index >= 15 is 0 Å². The van der Waals surface area contributed by atoms with Crippen molar-refractivity contribution in [3.05, 3.63) is 0 Å². The van der Waals surface area contributed by atoms with Crippen LogP contribution in [0.4, 0.5) is 0 Å². The molecular weight excluding hydrogens is 459 g/mol. The van der Waals surface area contributed by atoms with E-state index < -0.39 is 43.2 Å². The van der Waals surface area contributed by atoms with Gasteiger partial charge >= 0.3 is 165 Å². The SMILES string of the molecule is CCC[CH2][Sn]([CH2]CCC)([O]C(=O)[C@@H]1CCC(=O)N1)[O]C(=O)[C@H]1CCC(=O)N1. The fourth-order valence-electron chi connectivity index (χ4n) is 3.33. The van der Waals surface area contributed by atoms with E-state index in [1.54, 1.807) is 0 Å². The second-order valence-corrected chi connectivity index (χ2v) is 16.5. The van der Waals surface area contributed by atoms with Gasteiger partial charge in [0.2, 0.25) is 0 Å². The Hall–Kier alpha value is -1.32. The van der Waals surface area contributed by atoms with Gasteiger partial charge in [0, 0.05) is 0 Å². The molecule has 2 atom stereocenters. The Labute approximate surface area is 165 Å². The van der Waals surface area contributed by atoms with Crippen molar-refractivity contribution in [2.24, 2.45) is 0 Å². The summed E-state index contributed by atoms with van der Waals surface area (Å²) < 4.78 is 13.1. The maximum atomic E-state index is 12.6. The van der Waals surface area contributed by atoms with Crippen molar-refractivity contribution in [3.8, 4) is 0 Å². The standard InChI is InChI=1S/2C5H7NO3.2C4H9.Sn/c2*7-4-2-1-3(6-4)5(8)9;2*1-3-4-2;/h2*3H,1-2H2,(H,6,7)(H,8,9);2*1,3-4H2,2H3;/q;;;;+2/p-2/t2*3-;;;/m10.../s1. The summed E-state index contributed by atoms with van der Waals surface area (Å²) in [5.74, 6) is -1.28. The van der Waals surface area contributed by atoms with Gasteiger partial charge in [0.1, 0.15) is 0 Å². The summed E-state index contributed by atoms with van der Waals surface area (Å²) in [6, 6.07) is -1.30. The zero-order chi connectivity index (χ0) is 19.9. The van der Waals surface area contributed by atoms with Crippen molar-refractivity contribution < 1.29 is 25.3 Å². The number of carbonyl (C=O) groups excluding carboxylic acids is 4. The fourth-order valence-corrected chi connectivity index (χ4v) is 13.3. The summed E-state index contributed by atoms with van der Waals surface area (Å²) >= 11 is -4.06. The van der Waals surface area contributed by atoms with Crippen LogP contribution in [0, 0.1) is 0 Å². The molecule has 2 rings (SSSR count). The summed E-state index contributed by atoms with van der Waals surface area (Å²) in [5.41, 5.74) is 0. The summed E-state index contributed by atoms with van der Waals surface area (Å²) in [4.78, 5) is 48.1. The zero-order valence-electron chi connectivity index (χ0n) is 16.2. The summed E-state index contributed by atoms with van der Waals surface area (Å²) in [6.07, 6.45) is 4.87. The van der Waals surface area contributed by atoms with E-state index in [1.165, 1.54) is 0 Å². The maximum absolute atomic E-state index is 12.6. The molecule has 2 amide bonds. The quantitative estimate of drug-likeness (QED) is 0.452. The topological polar surface area (TPSA) is 111 Å². The minimum absolute atomic E-state index is 0.162. The molecule has 8 nitrogen and oxygen atoms in total. The summed E-state index contributed by atoms with van der Waals surface area (Å²) in [7, 11) is 0. The van der Waals surface area contributed by atoms with Gasteiger partial charge in [-0.2, -0.15) is 0 Å². The van der Waals surface area contributed by atoms with Crippen LogP contribution in [0.3, 0.4) is 0 Å². The van der Waals surface area contributed by atoms with Crippen LogP contribution in [0.25, 0.3) is 0 Å². The molecule has 0 aliphatic carbocycles. The van der Waals surface area contributed by atoms with Crippen LogP contribution in [0.15, 0.2) is 0 Å². The number of hydrogen-bond donors (Lipinski definition) is 2. The molecule has 0 aromatic heterocycles. The first-order valence-electron chi connectivity index (χ1n) is 9.93. The van der Waals surface area contributed by atoms with Gasteiger partial charge in [0.25, 0.3) is 0 Å². The molecule has 0 aromatic carbocycles. The molecule has 2 saturated heterocycles. The van der Waals surface area contributed by atoms with E-state index in [4.69, 9.17) is 6.15 Å². The first-order valence-corrected chi connectivity index (χ1v) is 16.3. The van der Waals surface area contributed by atoms with Crippen molar-refractivity contribution in [1.82, 2.24) is 10.6 Å². The van der Waals surface area contributed by atoms with Gasteiger partial charge in [-0.05, 0) is 0 Å². The molecule has 9 heteroatoms. The van der Waals surface area contributed by atoms with Gasteiger partial charge < -0.3 is 0 Å². The van der Waals surface area contributed by atoms with Crippen LogP contribution < -0.4 is 10.6 Å². The Kier molecular flexibility index (Phi) is 8.37. The third-order valence-corrected chi connectivity index (χ3v) is 14.6. The number of carbonyl (C=O) groups is 4. The predicted molar refractivity (Wildman–Crippen MR) is 99.7 cm³/mol. The molecular formula is C18H30N2O6Sn. The van der Waals surface area contributed by atoms with Crippen LogP contribution in [-0.2, 0) is 25.3 Å². The number of unbranched alkanes of at least 4 members (excludes halogenated alkanes) is 2. The van der Waals surface area contributed by atoms with E-state index in [0.717, 1.165) is 25.7 Å². The van der Waals surface area contributed by atoms with E-state index in [-0.39, 0.29) is 11.8 Å². The van der Waals surface area contributed by atoms with E-state index in [9.17, 15) is 19.2 Å². The molecule has 2 fully saturated rings. The van der Waals surface area contributed by atoms with E-state index in [2.05, 4.69) is 10.6 Å². The minimum atomic E-state index is -4.06. The van der Waals surface area contributed by atoms with Gasteiger partial charge in [0.05, 0.1) is 0 Å². The van der Waals surface area contributed by atoms with Crippen LogP contribution >= 0.6 is 0 Å². The predicted octanol–water partition coefficient (Wildman–Crippen LogP) is 1.67. The van der Waals surface area contributed by atoms with E-state index in [1.807, 2.05) is 13.8 Å². The average Bonchev–Trinajstić information content (AvgIpc) is 3.26. The van der Waals surface area contributed by atoms with Gasteiger partial charge in [-0.3, -0.25) is 0 Å². The fraction of sp³-hybridized carbons (Fsp3) is 0.778.